The van der Waals surface area contributed by atoms with Crippen molar-refractivity contribution in [3.8, 4) is 0 Å². The molecule has 0 heterocycles. The molecule has 0 saturated carbocycles. The van der Waals surface area contributed by atoms with Crippen molar-refractivity contribution in [3.05, 3.63) is 54.1 Å². The summed E-state index contributed by atoms with van der Waals surface area (Å²) in [4.78, 5) is 13.5. The molecule has 5 nitrogen and oxygen atoms in total. The summed E-state index contributed by atoms with van der Waals surface area (Å²) in [7, 11) is -3.77. The van der Waals surface area contributed by atoms with Crippen LogP contribution in [0.1, 0.15) is 30.6 Å². The van der Waals surface area contributed by atoms with Gasteiger partial charge in [-0.05, 0) is 56.0 Å². The van der Waals surface area contributed by atoms with E-state index in [1.165, 1.54) is 11.8 Å². The van der Waals surface area contributed by atoms with Gasteiger partial charge in [0.2, 0.25) is 0 Å². The minimum absolute atomic E-state index is 0.0104. The molecule has 0 spiro atoms. The van der Waals surface area contributed by atoms with E-state index in [0.717, 1.165) is 11.3 Å². The normalized spacial score (nSPS) is 12.4. The Kier molecular flexibility index (Phi) is 6.50. The number of sulfonamides is 1. The zero-order valence-electron chi connectivity index (χ0n) is 14.4. The van der Waals surface area contributed by atoms with E-state index in [1.807, 2.05) is 20.1 Å². The molecule has 0 aliphatic rings. The highest BCUT2D eigenvalue weighted by molar-refractivity contribution is 7.98. The highest BCUT2D eigenvalue weighted by Gasteiger charge is 2.19. The summed E-state index contributed by atoms with van der Waals surface area (Å²) >= 11 is 1.54. The Morgan fingerprint density at radius 2 is 1.76 bits per heavy atom. The van der Waals surface area contributed by atoms with Crippen molar-refractivity contribution < 1.29 is 13.2 Å². The minimum atomic E-state index is -3.77. The summed E-state index contributed by atoms with van der Waals surface area (Å²) in [5.74, 6) is -0.301. The van der Waals surface area contributed by atoms with Gasteiger partial charge >= 0.3 is 0 Å². The average molecular weight is 379 g/mol. The number of carbonyl (C=O) groups is 1. The van der Waals surface area contributed by atoms with Gasteiger partial charge in [-0.25, -0.2) is 8.42 Å². The van der Waals surface area contributed by atoms with Gasteiger partial charge in [0.15, 0.2) is 0 Å². The number of carbonyl (C=O) groups excluding carboxylic acids is 1. The molecule has 1 amide bonds. The molecule has 134 valence electrons. The van der Waals surface area contributed by atoms with Gasteiger partial charge in [0.25, 0.3) is 15.9 Å². The number of hydrogen-bond acceptors (Lipinski definition) is 4. The van der Waals surface area contributed by atoms with Crippen LogP contribution in [0.3, 0.4) is 0 Å². The van der Waals surface area contributed by atoms with Crippen LogP contribution in [-0.2, 0) is 10.0 Å². The first-order valence-electron chi connectivity index (χ1n) is 7.94. The first kappa shape index (κ1) is 19.3. The predicted octanol–water partition coefficient (Wildman–Crippen LogP) is 3.74. The number of rotatable bonds is 7. The average Bonchev–Trinajstić information content (AvgIpc) is 2.61. The molecule has 2 N–H and O–H groups in total. The third-order valence-corrected chi connectivity index (χ3v) is 5.90. The molecule has 0 radical (unpaired) electrons. The van der Waals surface area contributed by atoms with Gasteiger partial charge < -0.3 is 5.32 Å². The lowest BCUT2D eigenvalue weighted by Gasteiger charge is -2.15. The molecule has 2 aromatic carbocycles. The van der Waals surface area contributed by atoms with Gasteiger partial charge in [-0.15, -0.1) is 11.8 Å². The second kappa shape index (κ2) is 8.40. The second-order valence-electron chi connectivity index (χ2n) is 5.61. The van der Waals surface area contributed by atoms with E-state index in [2.05, 4.69) is 10.0 Å². The fraction of sp³-hybridized carbons (Fsp3) is 0.278. The summed E-state index contributed by atoms with van der Waals surface area (Å²) < 4.78 is 27.7. The molecular formula is C18H22N2O3S2. The van der Waals surface area contributed by atoms with Crippen LogP contribution in [0.25, 0.3) is 0 Å². The van der Waals surface area contributed by atoms with Gasteiger partial charge in [0, 0.05) is 10.9 Å². The Morgan fingerprint density at radius 3 is 2.36 bits per heavy atom. The Bertz CT molecular complexity index is 834. The number of benzene rings is 2. The van der Waals surface area contributed by atoms with Crippen LogP contribution < -0.4 is 10.0 Å². The molecule has 0 unspecified atom stereocenters. The molecule has 25 heavy (non-hydrogen) atoms. The van der Waals surface area contributed by atoms with Crippen molar-refractivity contribution in [2.75, 3.05) is 11.0 Å². The molecule has 0 bridgehead atoms. The smallest absolute Gasteiger partial charge is 0.261 e. The molecule has 0 fully saturated rings. The molecule has 0 saturated heterocycles. The number of hydrogen-bond donors (Lipinski definition) is 2. The predicted molar refractivity (Wildman–Crippen MR) is 103 cm³/mol. The minimum Gasteiger partial charge on any atom is -0.350 e. The van der Waals surface area contributed by atoms with Crippen LogP contribution in [0, 0.1) is 0 Å². The first-order valence-corrected chi connectivity index (χ1v) is 10.6. The summed E-state index contributed by atoms with van der Waals surface area (Å²) in [6.45, 7) is 3.87. The van der Waals surface area contributed by atoms with Crippen LogP contribution in [0.15, 0.2) is 58.3 Å². The highest BCUT2D eigenvalue weighted by atomic mass is 32.2. The third-order valence-electron chi connectivity index (χ3n) is 3.78. The molecule has 0 aliphatic carbocycles. The lowest BCUT2D eigenvalue weighted by molar-refractivity contribution is 0.0940. The molecule has 2 rings (SSSR count). The van der Waals surface area contributed by atoms with E-state index >= 15 is 0 Å². The van der Waals surface area contributed by atoms with Crippen molar-refractivity contribution in [2.45, 2.75) is 36.1 Å². The Balaban J connectivity index is 2.28. The van der Waals surface area contributed by atoms with E-state index in [9.17, 15) is 13.2 Å². The largest absolute Gasteiger partial charge is 0.350 e. The van der Waals surface area contributed by atoms with E-state index in [4.69, 9.17) is 0 Å². The Morgan fingerprint density at radius 1 is 1.12 bits per heavy atom. The van der Waals surface area contributed by atoms with Crippen molar-refractivity contribution >= 4 is 33.4 Å². The van der Waals surface area contributed by atoms with Gasteiger partial charge in [-0.1, -0.05) is 19.1 Å². The highest BCUT2D eigenvalue weighted by Crippen LogP contribution is 2.22. The van der Waals surface area contributed by atoms with Crippen molar-refractivity contribution in [1.29, 1.82) is 0 Å². The van der Waals surface area contributed by atoms with Crippen molar-refractivity contribution in [1.82, 2.24) is 5.32 Å². The van der Waals surface area contributed by atoms with E-state index < -0.39 is 10.0 Å². The van der Waals surface area contributed by atoms with Gasteiger partial charge in [0.1, 0.15) is 0 Å². The van der Waals surface area contributed by atoms with E-state index in [0.29, 0.717) is 5.56 Å². The topological polar surface area (TPSA) is 75.3 Å². The van der Waals surface area contributed by atoms with Crippen LogP contribution in [0.2, 0.25) is 0 Å². The number of thioether (sulfide) groups is 1. The zero-order valence-corrected chi connectivity index (χ0v) is 16.1. The number of amides is 1. The van der Waals surface area contributed by atoms with Crippen molar-refractivity contribution in [3.63, 3.8) is 0 Å². The SMILES string of the molecule is CC[C@H](C)NC(=O)c1ccccc1NS(=O)(=O)c1ccc(SC)cc1. The summed E-state index contributed by atoms with van der Waals surface area (Å²) in [5, 5.41) is 2.85. The lowest BCUT2D eigenvalue weighted by atomic mass is 10.1. The van der Waals surface area contributed by atoms with E-state index in [1.54, 1.807) is 48.5 Å². The quantitative estimate of drug-likeness (QED) is 0.720. The molecule has 0 aromatic heterocycles. The standard InChI is InChI=1S/C18H22N2O3S2/c1-4-13(2)19-18(21)16-7-5-6-8-17(16)20-25(22,23)15-11-9-14(24-3)10-12-15/h5-13,20H,4H2,1-3H3,(H,19,21)/t13-/m0/s1. The lowest BCUT2D eigenvalue weighted by Crippen LogP contribution is -2.32. The number of nitrogens with one attached hydrogen (secondary N) is 2. The maximum atomic E-state index is 12.6. The van der Waals surface area contributed by atoms with Crippen LogP contribution in [0.4, 0.5) is 5.69 Å². The van der Waals surface area contributed by atoms with Gasteiger partial charge in [0.05, 0.1) is 16.1 Å². The molecule has 7 heteroatoms. The fourth-order valence-corrected chi connectivity index (χ4v) is 3.62. The van der Waals surface area contributed by atoms with Crippen LogP contribution in [0.5, 0.6) is 0 Å². The molecular weight excluding hydrogens is 356 g/mol. The Hall–Kier alpha value is -1.99. The fourth-order valence-electron chi connectivity index (χ4n) is 2.13. The number of anilines is 1. The van der Waals surface area contributed by atoms with Gasteiger partial charge in [-0.2, -0.15) is 0 Å². The van der Waals surface area contributed by atoms with Crippen LogP contribution >= 0.6 is 11.8 Å². The maximum Gasteiger partial charge on any atom is 0.261 e. The molecule has 0 aliphatic heterocycles. The summed E-state index contributed by atoms with van der Waals surface area (Å²) in [5.41, 5.74) is 0.560. The van der Waals surface area contributed by atoms with Gasteiger partial charge in [-0.3, -0.25) is 9.52 Å². The Labute approximate surface area is 153 Å². The second-order valence-corrected chi connectivity index (χ2v) is 8.17. The molecule has 1 atom stereocenters. The third kappa shape index (κ3) is 4.99. The monoisotopic (exact) mass is 378 g/mol. The number of para-hydroxylation sites is 1. The first-order chi connectivity index (χ1) is 11.9. The van der Waals surface area contributed by atoms with Crippen LogP contribution in [-0.4, -0.2) is 26.6 Å². The maximum absolute atomic E-state index is 12.6. The van der Waals surface area contributed by atoms with Crippen molar-refractivity contribution in [2.24, 2.45) is 0 Å². The molecule has 2 aromatic rings. The van der Waals surface area contributed by atoms with E-state index in [-0.39, 0.29) is 22.5 Å². The summed E-state index contributed by atoms with van der Waals surface area (Å²) in [6, 6.07) is 13.2. The zero-order chi connectivity index (χ0) is 18.4. The summed E-state index contributed by atoms with van der Waals surface area (Å²) in [6.07, 6.45) is 2.72.